The number of thiol groups is 1. The molecule has 2 atom stereocenters. The van der Waals surface area contributed by atoms with Gasteiger partial charge in [-0.15, -0.1) is 0 Å². The Hall–Kier alpha value is -0.630. The molecule has 6 nitrogen and oxygen atoms in total. The fourth-order valence-corrected chi connectivity index (χ4v) is 1.85. The Morgan fingerprint density at radius 3 is 2.18 bits per heavy atom. The molecule has 0 aromatic carbocycles. The number of carbonyl (C=O) groups excluding carboxylic acids is 1. The van der Waals surface area contributed by atoms with Crippen LogP contribution in [0.1, 0.15) is 6.42 Å². The largest absolute Gasteiger partial charge is 0.481 e. The van der Waals surface area contributed by atoms with Crippen molar-refractivity contribution in [2.24, 2.45) is 5.73 Å². The minimum absolute atomic E-state index is 0.0143. The number of aliphatic hydroxyl groups is 1. The number of rotatable bonds is 7. The summed E-state index contributed by atoms with van der Waals surface area (Å²) < 4.78 is 0.259. The van der Waals surface area contributed by atoms with Crippen molar-refractivity contribution in [2.45, 2.75) is 18.1 Å². The first-order chi connectivity index (χ1) is 7.52. The highest BCUT2D eigenvalue weighted by Crippen LogP contribution is 2.17. The third-order valence-corrected chi connectivity index (χ3v) is 2.57. The van der Waals surface area contributed by atoms with Crippen molar-refractivity contribution in [3.8, 4) is 0 Å². The van der Waals surface area contributed by atoms with Gasteiger partial charge in [0.2, 0.25) is 0 Å². The standard InChI is InChI=1S/C10H20N2O4S/c1-12(2,3)6-10(16,4-8(13)14)9(15)7(11)5-17/h7,16H,4-6,11H2,1-3H3,(H-,13,14,17)/p+1/t7-,10+/m0/s1. The summed E-state index contributed by atoms with van der Waals surface area (Å²) in [6, 6.07) is -0.964. The Morgan fingerprint density at radius 2 is 1.88 bits per heavy atom. The van der Waals surface area contributed by atoms with Gasteiger partial charge in [-0.25, -0.2) is 0 Å². The average Bonchev–Trinajstić information content (AvgIpc) is 2.10. The summed E-state index contributed by atoms with van der Waals surface area (Å²) in [7, 11) is 5.27. The smallest absolute Gasteiger partial charge is 0.306 e. The number of hydrogen-bond acceptors (Lipinski definition) is 5. The quantitative estimate of drug-likeness (QED) is 0.339. The highest BCUT2D eigenvalue weighted by atomic mass is 32.1. The van der Waals surface area contributed by atoms with E-state index in [1.54, 1.807) is 21.1 Å². The SMILES string of the molecule is C[N+](C)(C)C[C@](O)(CC(=O)O)C(=O)[C@@H](N)CS. The lowest BCUT2D eigenvalue weighted by atomic mass is 9.89. The van der Waals surface area contributed by atoms with Gasteiger partial charge in [-0.3, -0.25) is 9.59 Å². The third-order valence-electron chi connectivity index (χ3n) is 2.17. The molecule has 0 unspecified atom stereocenters. The van der Waals surface area contributed by atoms with E-state index in [0.29, 0.717) is 0 Å². The maximum absolute atomic E-state index is 11.9. The summed E-state index contributed by atoms with van der Waals surface area (Å²) in [5.74, 6) is -1.85. The van der Waals surface area contributed by atoms with Gasteiger partial charge in [-0.1, -0.05) is 0 Å². The lowest BCUT2D eigenvalue weighted by molar-refractivity contribution is -0.875. The molecule has 0 aliphatic heterocycles. The highest BCUT2D eigenvalue weighted by Gasteiger charge is 2.44. The highest BCUT2D eigenvalue weighted by molar-refractivity contribution is 7.80. The number of aliphatic carboxylic acids is 1. The van der Waals surface area contributed by atoms with E-state index in [2.05, 4.69) is 12.6 Å². The molecular weight excluding hydrogens is 244 g/mol. The van der Waals surface area contributed by atoms with Crippen LogP contribution in [0.5, 0.6) is 0 Å². The molecule has 0 heterocycles. The molecule has 0 aliphatic carbocycles. The first-order valence-electron chi connectivity index (χ1n) is 5.17. The number of nitrogens with two attached hydrogens (primary N) is 1. The van der Waals surface area contributed by atoms with E-state index in [1.807, 2.05) is 0 Å². The zero-order valence-electron chi connectivity index (χ0n) is 10.4. The van der Waals surface area contributed by atoms with Gasteiger partial charge in [0.05, 0.1) is 33.6 Å². The van der Waals surface area contributed by atoms with Gasteiger partial charge in [0.25, 0.3) is 0 Å². The number of hydrogen-bond donors (Lipinski definition) is 4. The molecule has 0 bridgehead atoms. The number of quaternary nitrogens is 1. The second-order valence-corrected chi connectivity index (χ2v) is 5.57. The minimum atomic E-state index is -1.95. The molecule has 0 saturated carbocycles. The monoisotopic (exact) mass is 265 g/mol. The third kappa shape index (κ3) is 5.49. The molecule has 4 N–H and O–H groups in total. The number of nitrogens with zero attached hydrogens (tertiary/aromatic N) is 1. The van der Waals surface area contributed by atoms with Gasteiger partial charge in [-0.2, -0.15) is 12.6 Å². The van der Waals surface area contributed by atoms with Gasteiger partial charge < -0.3 is 20.4 Å². The molecule has 0 fully saturated rings. The predicted molar refractivity (Wildman–Crippen MR) is 66.9 cm³/mol. The maximum Gasteiger partial charge on any atom is 0.306 e. The number of carboxylic acids is 1. The van der Waals surface area contributed by atoms with Gasteiger partial charge in [-0.05, 0) is 0 Å². The van der Waals surface area contributed by atoms with Crippen LogP contribution in [0.3, 0.4) is 0 Å². The molecule has 7 heteroatoms. The molecule has 0 rings (SSSR count). The van der Waals surface area contributed by atoms with Crippen molar-refractivity contribution in [3.63, 3.8) is 0 Å². The van der Waals surface area contributed by atoms with E-state index in [1.165, 1.54) is 0 Å². The Labute approximate surface area is 106 Å². The Balaban J connectivity index is 5.09. The summed E-state index contributed by atoms with van der Waals surface area (Å²) >= 11 is 3.88. The average molecular weight is 265 g/mol. The van der Waals surface area contributed by atoms with Crippen LogP contribution in [-0.2, 0) is 9.59 Å². The normalized spacial score (nSPS) is 17.3. The van der Waals surface area contributed by atoms with Crippen LogP contribution < -0.4 is 5.73 Å². The van der Waals surface area contributed by atoms with E-state index in [-0.39, 0.29) is 16.8 Å². The first kappa shape index (κ1) is 16.4. The summed E-state index contributed by atoms with van der Waals surface area (Å²) in [5.41, 5.74) is 3.56. The molecule has 0 aromatic rings. The predicted octanol–water partition coefficient (Wildman–Crippen LogP) is -1.28. The number of likely N-dealkylation sites (N-methyl/N-ethyl adjacent to an activating group) is 1. The van der Waals surface area contributed by atoms with Gasteiger partial charge >= 0.3 is 5.97 Å². The number of Topliss-reactive ketones (excluding diaryl/α,β-unsaturated/α-hetero) is 1. The molecule has 100 valence electrons. The molecule has 0 aliphatic rings. The van der Waals surface area contributed by atoms with Crippen LogP contribution in [-0.4, -0.2) is 71.5 Å². The van der Waals surface area contributed by atoms with Crippen molar-refractivity contribution < 1.29 is 24.3 Å². The Kier molecular flexibility index (Phi) is 5.60. The van der Waals surface area contributed by atoms with Gasteiger partial charge in [0.1, 0.15) is 6.54 Å². The Morgan fingerprint density at radius 1 is 1.41 bits per heavy atom. The van der Waals surface area contributed by atoms with Crippen molar-refractivity contribution in [1.82, 2.24) is 0 Å². The first-order valence-corrected chi connectivity index (χ1v) is 5.80. The zero-order chi connectivity index (χ0) is 13.9. The number of carbonyl (C=O) groups is 2. The number of ketones is 1. The van der Waals surface area contributed by atoms with Crippen LogP contribution in [0.2, 0.25) is 0 Å². The van der Waals surface area contributed by atoms with Crippen LogP contribution in [0, 0.1) is 0 Å². The fourth-order valence-electron chi connectivity index (χ4n) is 1.68. The van der Waals surface area contributed by atoms with Crippen molar-refractivity contribution in [1.29, 1.82) is 0 Å². The zero-order valence-corrected chi connectivity index (χ0v) is 11.3. The molecule has 17 heavy (non-hydrogen) atoms. The van der Waals surface area contributed by atoms with E-state index in [0.717, 1.165) is 0 Å². The van der Waals surface area contributed by atoms with Crippen molar-refractivity contribution >= 4 is 24.4 Å². The summed E-state index contributed by atoms with van der Waals surface area (Å²) in [5, 5.41) is 19.0. The van der Waals surface area contributed by atoms with E-state index < -0.39 is 29.8 Å². The fraction of sp³-hybridized carbons (Fsp3) is 0.800. The van der Waals surface area contributed by atoms with Crippen LogP contribution in [0.4, 0.5) is 0 Å². The molecule has 0 spiro atoms. The maximum atomic E-state index is 11.9. The van der Waals surface area contributed by atoms with Crippen molar-refractivity contribution in [3.05, 3.63) is 0 Å². The second-order valence-electron chi connectivity index (χ2n) is 5.20. The topological polar surface area (TPSA) is 101 Å². The molecule has 0 aromatic heterocycles. The molecule has 0 amide bonds. The van der Waals surface area contributed by atoms with Gasteiger partial charge in [0.15, 0.2) is 11.4 Å². The number of carboxylic acid groups (broad SMARTS) is 1. The second kappa shape index (κ2) is 5.81. The molecule has 0 saturated heterocycles. The summed E-state index contributed by atoms with van der Waals surface area (Å²) in [6.45, 7) is -0.0143. The lowest BCUT2D eigenvalue weighted by Gasteiger charge is -2.34. The Bertz CT molecular complexity index is 303. The van der Waals surface area contributed by atoms with E-state index >= 15 is 0 Å². The van der Waals surface area contributed by atoms with Gasteiger partial charge in [0, 0.05) is 5.75 Å². The molecular formula is C10H21N2O4S+. The molecule has 0 radical (unpaired) electrons. The van der Waals surface area contributed by atoms with Crippen LogP contribution in [0.15, 0.2) is 0 Å². The summed E-state index contributed by atoms with van der Waals surface area (Å²) in [4.78, 5) is 22.6. The minimum Gasteiger partial charge on any atom is -0.481 e. The van der Waals surface area contributed by atoms with Crippen molar-refractivity contribution in [2.75, 3.05) is 33.4 Å². The summed E-state index contributed by atoms with van der Waals surface area (Å²) in [6.07, 6.45) is -0.650. The van der Waals surface area contributed by atoms with E-state index in [4.69, 9.17) is 10.8 Å². The van der Waals surface area contributed by atoms with Crippen LogP contribution >= 0.6 is 12.6 Å². The lowest BCUT2D eigenvalue weighted by Crippen LogP contribution is -2.59. The van der Waals surface area contributed by atoms with Crippen LogP contribution in [0.25, 0.3) is 0 Å². The van der Waals surface area contributed by atoms with E-state index in [9.17, 15) is 14.7 Å².